The zero-order valence-electron chi connectivity index (χ0n) is 7.27. The van der Waals surface area contributed by atoms with E-state index in [1.807, 2.05) is 0 Å². The lowest BCUT2D eigenvalue weighted by Crippen LogP contribution is -1.88. The predicted octanol–water partition coefficient (Wildman–Crippen LogP) is 3.21. The number of halogens is 1. The van der Waals surface area contributed by atoms with Crippen molar-refractivity contribution in [3.05, 3.63) is 32.6 Å². The molecule has 0 heterocycles. The molecule has 1 rings (SSSR count). The number of azide groups is 1. The van der Waals surface area contributed by atoms with Crippen LogP contribution < -0.4 is 4.74 Å². The molecule has 0 aromatic heterocycles. The van der Waals surface area contributed by atoms with E-state index in [-0.39, 0.29) is 11.3 Å². The maximum atomic E-state index is 10.7. The van der Waals surface area contributed by atoms with Crippen LogP contribution in [0, 0.1) is 0 Å². The summed E-state index contributed by atoms with van der Waals surface area (Å²) >= 11 is 3.21. The summed E-state index contributed by atoms with van der Waals surface area (Å²) in [4.78, 5) is 13.3. The van der Waals surface area contributed by atoms with Gasteiger partial charge >= 0.3 is 0 Å². The van der Waals surface area contributed by atoms with Crippen LogP contribution in [0.4, 0.5) is 5.69 Å². The van der Waals surface area contributed by atoms with E-state index in [2.05, 4.69) is 26.0 Å². The van der Waals surface area contributed by atoms with Gasteiger partial charge in [0, 0.05) is 14.9 Å². The minimum atomic E-state index is 0.202. The highest BCUT2D eigenvalue weighted by molar-refractivity contribution is 9.10. The van der Waals surface area contributed by atoms with Crippen LogP contribution in [0.3, 0.4) is 0 Å². The molecule has 0 unspecified atom stereocenters. The fourth-order valence-corrected chi connectivity index (χ4v) is 1.45. The average molecular weight is 256 g/mol. The SMILES string of the molecule is COc1cc(Br)cc(C=O)c1N=[N+]=[N-]. The van der Waals surface area contributed by atoms with Crippen molar-refractivity contribution in [2.24, 2.45) is 5.11 Å². The minimum absolute atomic E-state index is 0.202. The van der Waals surface area contributed by atoms with Gasteiger partial charge in [0.25, 0.3) is 0 Å². The van der Waals surface area contributed by atoms with E-state index in [1.54, 1.807) is 12.1 Å². The van der Waals surface area contributed by atoms with Crippen molar-refractivity contribution in [3.8, 4) is 5.75 Å². The van der Waals surface area contributed by atoms with Gasteiger partial charge in [0.2, 0.25) is 0 Å². The molecular weight excluding hydrogens is 250 g/mol. The largest absolute Gasteiger partial charge is 0.496 e. The monoisotopic (exact) mass is 255 g/mol. The van der Waals surface area contributed by atoms with Crippen molar-refractivity contribution in [2.45, 2.75) is 0 Å². The molecule has 0 radical (unpaired) electrons. The highest BCUT2D eigenvalue weighted by atomic mass is 79.9. The second-order valence-corrected chi connectivity index (χ2v) is 3.27. The number of ether oxygens (including phenoxy) is 1. The molecule has 0 spiro atoms. The summed E-state index contributed by atoms with van der Waals surface area (Å²) in [5, 5.41) is 3.39. The molecule has 0 aliphatic carbocycles. The first-order valence-electron chi connectivity index (χ1n) is 3.60. The summed E-state index contributed by atoms with van der Waals surface area (Å²) in [6.45, 7) is 0. The van der Waals surface area contributed by atoms with Crippen LogP contribution in [0.2, 0.25) is 0 Å². The fraction of sp³-hybridized carbons (Fsp3) is 0.125. The number of methoxy groups -OCH3 is 1. The van der Waals surface area contributed by atoms with Gasteiger partial charge in [0.05, 0.1) is 12.8 Å². The molecule has 0 aliphatic heterocycles. The third kappa shape index (κ3) is 2.04. The third-order valence-corrected chi connectivity index (χ3v) is 2.02. The van der Waals surface area contributed by atoms with Crippen molar-refractivity contribution in [2.75, 3.05) is 7.11 Å². The Balaban J connectivity index is 3.47. The number of rotatable bonds is 3. The van der Waals surface area contributed by atoms with Crippen LogP contribution >= 0.6 is 15.9 Å². The maximum Gasteiger partial charge on any atom is 0.150 e. The standard InChI is InChI=1S/C8H6BrN3O2/c1-14-7-3-6(9)2-5(4-13)8(7)11-12-10/h2-4H,1H3. The van der Waals surface area contributed by atoms with Gasteiger partial charge in [0.1, 0.15) is 5.75 Å². The lowest BCUT2D eigenvalue weighted by atomic mass is 10.2. The van der Waals surface area contributed by atoms with Gasteiger partial charge in [-0.1, -0.05) is 21.0 Å². The second kappa shape index (κ2) is 4.64. The Kier molecular flexibility index (Phi) is 3.50. The summed E-state index contributed by atoms with van der Waals surface area (Å²) in [6, 6.07) is 3.18. The summed E-state index contributed by atoms with van der Waals surface area (Å²) < 4.78 is 5.66. The van der Waals surface area contributed by atoms with Gasteiger partial charge in [-0.15, -0.1) is 0 Å². The van der Waals surface area contributed by atoms with Gasteiger partial charge in [-0.25, -0.2) is 0 Å². The average Bonchev–Trinajstić information content (AvgIpc) is 2.20. The summed E-state index contributed by atoms with van der Waals surface area (Å²) in [5.74, 6) is 0.360. The van der Waals surface area contributed by atoms with Crippen molar-refractivity contribution in [3.63, 3.8) is 0 Å². The van der Waals surface area contributed by atoms with E-state index in [4.69, 9.17) is 10.3 Å². The minimum Gasteiger partial charge on any atom is -0.496 e. The maximum absolute atomic E-state index is 10.7. The Labute approximate surface area is 88.4 Å². The summed E-state index contributed by atoms with van der Waals surface area (Å²) in [5.41, 5.74) is 8.79. The van der Waals surface area contributed by atoms with Gasteiger partial charge in [-0.2, -0.15) is 0 Å². The fourth-order valence-electron chi connectivity index (χ4n) is 0.992. The summed E-state index contributed by atoms with van der Waals surface area (Å²) in [7, 11) is 1.44. The Morgan fingerprint density at radius 3 is 2.86 bits per heavy atom. The van der Waals surface area contributed by atoms with Crippen LogP contribution in [0.15, 0.2) is 21.7 Å². The molecule has 0 saturated heterocycles. The second-order valence-electron chi connectivity index (χ2n) is 2.35. The van der Waals surface area contributed by atoms with E-state index in [0.29, 0.717) is 16.5 Å². The predicted molar refractivity (Wildman–Crippen MR) is 54.9 cm³/mol. The quantitative estimate of drug-likeness (QED) is 0.360. The molecule has 72 valence electrons. The van der Waals surface area contributed by atoms with Crippen LogP contribution in [0.1, 0.15) is 10.4 Å². The van der Waals surface area contributed by atoms with E-state index in [1.165, 1.54) is 7.11 Å². The molecule has 6 heteroatoms. The molecule has 0 bridgehead atoms. The smallest absolute Gasteiger partial charge is 0.150 e. The topological polar surface area (TPSA) is 75.1 Å². The Morgan fingerprint density at radius 1 is 1.64 bits per heavy atom. The van der Waals surface area contributed by atoms with Crippen LogP contribution in [0.5, 0.6) is 5.75 Å². The van der Waals surface area contributed by atoms with Crippen molar-refractivity contribution in [1.82, 2.24) is 0 Å². The normalized spacial score (nSPS) is 9.00. The molecule has 0 aliphatic rings. The molecular formula is C8H6BrN3O2. The zero-order chi connectivity index (χ0) is 10.6. The first-order valence-corrected chi connectivity index (χ1v) is 4.40. The Hall–Kier alpha value is -1.52. The van der Waals surface area contributed by atoms with Crippen molar-refractivity contribution >= 4 is 27.9 Å². The van der Waals surface area contributed by atoms with Crippen LogP contribution in [-0.2, 0) is 0 Å². The molecule has 0 amide bonds. The highest BCUT2D eigenvalue weighted by Gasteiger charge is 2.08. The van der Waals surface area contributed by atoms with Gasteiger partial charge in [0.15, 0.2) is 6.29 Å². The van der Waals surface area contributed by atoms with E-state index in [0.717, 1.165) is 0 Å². The zero-order valence-corrected chi connectivity index (χ0v) is 8.85. The molecule has 5 nitrogen and oxygen atoms in total. The Morgan fingerprint density at radius 2 is 2.36 bits per heavy atom. The number of benzene rings is 1. The molecule has 0 saturated carbocycles. The number of hydrogen-bond acceptors (Lipinski definition) is 3. The number of carbonyl (C=O) groups is 1. The number of nitrogens with zero attached hydrogens (tertiary/aromatic N) is 3. The molecule has 0 fully saturated rings. The molecule has 14 heavy (non-hydrogen) atoms. The van der Waals surface area contributed by atoms with Crippen molar-refractivity contribution < 1.29 is 9.53 Å². The lowest BCUT2D eigenvalue weighted by Gasteiger charge is -2.06. The summed E-state index contributed by atoms with van der Waals surface area (Å²) in [6.07, 6.45) is 0.608. The molecule has 0 atom stereocenters. The van der Waals surface area contributed by atoms with E-state index >= 15 is 0 Å². The highest BCUT2D eigenvalue weighted by Crippen LogP contribution is 2.34. The van der Waals surface area contributed by atoms with E-state index in [9.17, 15) is 4.79 Å². The molecule has 1 aromatic carbocycles. The number of carbonyl (C=O) groups excluding carboxylic acids is 1. The first kappa shape index (κ1) is 10.6. The van der Waals surface area contributed by atoms with E-state index < -0.39 is 0 Å². The molecule has 0 N–H and O–H groups in total. The number of aldehydes is 1. The first-order chi connectivity index (χ1) is 6.72. The van der Waals surface area contributed by atoms with Gasteiger partial charge in [-0.05, 0) is 17.7 Å². The lowest BCUT2D eigenvalue weighted by molar-refractivity contribution is 0.112. The van der Waals surface area contributed by atoms with Crippen LogP contribution in [0.25, 0.3) is 10.4 Å². The molecule has 1 aromatic rings. The van der Waals surface area contributed by atoms with Crippen molar-refractivity contribution in [1.29, 1.82) is 0 Å². The number of hydrogen-bond donors (Lipinski definition) is 0. The van der Waals surface area contributed by atoms with Gasteiger partial charge < -0.3 is 4.74 Å². The third-order valence-electron chi connectivity index (χ3n) is 1.56. The van der Waals surface area contributed by atoms with Gasteiger partial charge in [-0.3, -0.25) is 4.79 Å². The van der Waals surface area contributed by atoms with Crippen LogP contribution in [-0.4, -0.2) is 13.4 Å². The Bertz CT molecular complexity index is 413.